The van der Waals surface area contributed by atoms with E-state index >= 15 is 0 Å². The number of carbonyl (C=O) groups is 3. The van der Waals surface area contributed by atoms with Gasteiger partial charge in [-0.15, -0.1) is 0 Å². The van der Waals surface area contributed by atoms with Crippen molar-refractivity contribution >= 4 is 44.4 Å². The molecule has 0 bridgehead atoms. The molecule has 4 heterocycles. The van der Waals surface area contributed by atoms with Crippen molar-refractivity contribution in [2.24, 2.45) is 5.41 Å². The van der Waals surface area contributed by atoms with Crippen molar-refractivity contribution in [1.82, 2.24) is 34.9 Å². The van der Waals surface area contributed by atoms with Crippen molar-refractivity contribution in [2.45, 2.75) is 85.0 Å². The fourth-order valence-corrected chi connectivity index (χ4v) is 6.56. The molecule has 44 heavy (non-hydrogen) atoms. The molecular formula is C33H36BrN7O3. The minimum Gasteiger partial charge on any atom is -0.346 e. The molecule has 6 rings (SSSR count). The van der Waals surface area contributed by atoms with Crippen molar-refractivity contribution < 1.29 is 14.4 Å². The monoisotopic (exact) mass is 657 g/mol. The first-order chi connectivity index (χ1) is 20.7. The molecule has 1 saturated carbocycles. The van der Waals surface area contributed by atoms with Gasteiger partial charge >= 0.3 is 0 Å². The van der Waals surface area contributed by atoms with Gasteiger partial charge in [0, 0.05) is 34.9 Å². The Labute approximate surface area is 264 Å². The van der Waals surface area contributed by atoms with E-state index in [1.165, 1.54) is 0 Å². The second-order valence-corrected chi connectivity index (χ2v) is 14.2. The Morgan fingerprint density at radius 2 is 1.77 bits per heavy atom. The highest BCUT2D eigenvalue weighted by atomic mass is 79.9. The highest BCUT2D eigenvalue weighted by Gasteiger charge is 2.64. The van der Waals surface area contributed by atoms with E-state index < -0.39 is 11.6 Å². The van der Waals surface area contributed by atoms with Gasteiger partial charge in [0.05, 0.1) is 23.7 Å². The van der Waals surface area contributed by atoms with Crippen LogP contribution in [0.5, 0.6) is 0 Å². The summed E-state index contributed by atoms with van der Waals surface area (Å²) in [7, 11) is 0. The molecule has 2 amide bonds. The first kappa shape index (κ1) is 30.1. The van der Waals surface area contributed by atoms with Gasteiger partial charge in [0.1, 0.15) is 17.0 Å². The molecule has 3 aromatic heterocycles. The van der Waals surface area contributed by atoms with Crippen LogP contribution in [-0.2, 0) is 22.6 Å². The third kappa shape index (κ3) is 5.77. The van der Waals surface area contributed by atoms with Crippen LogP contribution in [0.3, 0.4) is 0 Å². The molecule has 3 atom stereocenters. The van der Waals surface area contributed by atoms with E-state index in [1.807, 2.05) is 65.0 Å². The Hall–Kier alpha value is -3.99. The van der Waals surface area contributed by atoms with E-state index in [0.29, 0.717) is 33.4 Å². The number of aryl methyl sites for hydroxylation is 2. The van der Waals surface area contributed by atoms with Gasteiger partial charge in [-0.2, -0.15) is 5.10 Å². The van der Waals surface area contributed by atoms with Crippen molar-refractivity contribution in [3.8, 4) is 11.1 Å². The van der Waals surface area contributed by atoms with E-state index in [2.05, 4.69) is 48.2 Å². The van der Waals surface area contributed by atoms with Crippen molar-refractivity contribution in [2.75, 3.05) is 0 Å². The van der Waals surface area contributed by atoms with Gasteiger partial charge < -0.3 is 10.2 Å². The lowest BCUT2D eigenvalue weighted by Gasteiger charge is -2.27. The molecule has 0 unspecified atom stereocenters. The second-order valence-electron chi connectivity index (χ2n) is 13.4. The zero-order chi connectivity index (χ0) is 31.6. The number of nitrogens with zero attached hydrogens (tertiary/aromatic N) is 6. The number of piperidine rings is 1. The molecule has 1 aromatic carbocycles. The van der Waals surface area contributed by atoms with E-state index in [9.17, 15) is 14.4 Å². The summed E-state index contributed by atoms with van der Waals surface area (Å²) in [5, 5.41) is 8.30. The Kier molecular flexibility index (Phi) is 7.42. The van der Waals surface area contributed by atoms with Gasteiger partial charge in [0.2, 0.25) is 5.91 Å². The predicted octanol–water partition coefficient (Wildman–Crippen LogP) is 4.99. The molecule has 0 radical (unpaired) electrons. The minimum absolute atomic E-state index is 0.0130. The van der Waals surface area contributed by atoms with Crippen LogP contribution < -0.4 is 5.32 Å². The van der Waals surface area contributed by atoms with Crippen LogP contribution in [0.15, 0.2) is 47.3 Å². The maximum absolute atomic E-state index is 14.0. The molecule has 0 spiro atoms. The minimum atomic E-state index is -0.523. The SMILES string of the molecule is Cc1ncc(-c2ccc3c(c2)c(C(=O)NC(C)(C)C)nn3CC(=O)N2[C@H](C(=O)Cc3nc(Br)ccc3C)C[C@@]3(C)C[C@@H]23)cn1. The number of carbonyl (C=O) groups excluding carboxylic acids is 3. The number of halogens is 1. The molecule has 2 fully saturated rings. The fourth-order valence-electron chi connectivity index (χ4n) is 6.21. The fraction of sp³-hybridized carbons (Fsp3) is 0.424. The Morgan fingerprint density at radius 3 is 2.48 bits per heavy atom. The number of fused-ring (bicyclic) bond motifs is 2. The lowest BCUT2D eigenvalue weighted by atomic mass is 9.96. The van der Waals surface area contributed by atoms with Crippen LogP contribution in [0.1, 0.15) is 68.1 Å². The maximum atomic E-state index is 14.0. The first-order valence-electron chi connectivity index (χ1n) is 14.8. The normalized spacial score (nSPS) is 20.9. The van der Waals surface area contributed by atoms with E-state index in [-0.39, 0.29) is 47.7 Å². The van der Waals surface area contributed by atoms with Crippen LogP contribution in [0.4, 0.5) is 0 Å². The number of likely N-dealkylation sites (tertiary alicyclic amines) is 1. The molecule has 228 valence electrons. The van der Waals surface area contributed by atoms with Gasteiger partial charge in [-0.05, 0) is 98.1 Å². The lowest BCUT2D eigenvalue weighted by molar-refractivity contribution is -0.139. The number of amides is 2. The summed E-state index contributed by atoms with van der Waals surface area (Å²) in [6.45, 7) is 11.5. The van der Waals surface area contributed by atoms with Crippen LogP contribution >= 0.6 is 15.9 Å². The third-order valence-corrected chi connectivity index (χ3v) is 9.10. The molecule has 1 N–H and O–H groups in total. The second kappa shape index (κ2) is 10.9. The number of benzene rings is 1. The Bertz CT molecular complexity index is 1810. The number of pyridine rings is 1. The highest BCUT2D eigenvalue weighted by molar-refractivity contribution is 9.10. The zero-order valence-electron chi connectivity index (χ0n) is 25.8. The predicted molar refractivity (Wildman–Crippen MR) is 170 cm³/mol. The molecule has 4 aromatic rings. The molecule has 11 heteroatoms. The summed E-state index contributed by atoms with van der Waals surface area (Å²) in [5.74, 6) is 0.143. The maximum Gasteiger partial charge on any atom is 0.272 e. The van der Waals surface area contributed by atoms with E-state index in [4.69, 9.17) is 0 Å². The van der Waals surface area contributed by atoms with Crippen LogP contribution in [-0.4, -0.2) is 64.9 Å². The molecule has 1 saturated heterocycles. The van der Waals surface area contributed by atoms with E-state index in [0.717, 1.165) is 23.1 Å². The summed E-state index contributed by atoms with van der Waals surface area (Å²) >= 11 is 3.40. The van der Waals surface area contributed by atoms with E-state index in [1.54, 1.807) is 22.0 Å². The van der Waals surface area contributed by atoms with Crippen LogP contribution in [0, 0.1) is 19.3 Å². The Balaban J connectivity index is 1.32. The third-order valence-electron chi connectivity index (χ3n) is 8.66. The first-order valence-corrected chi connectivity index (χ1v) is 15.6. The largest absolute Gasteiger partial charge is 0.346 e. The number of hydrogen-bond donors (Lipinski definition) is 1. The van der Waals surface area contributed by atoms with Crippen molar-refractivity contribution in [1.29, 1.82) is 0 Å². The topological polar surface area (TPSA) is 123 Å². The average Bonchev–Trinajstić information content (AvgIpc) is 3.32. The van der Waals surface area contributed by atoms with Crippen molar-refractivity contribution in [3.05, 3.63) is 70.1 Å². The van der Waals surface area contributed by atoms with Gasteiger partial charge in [0.15, 0.2) is 11.5 Å². The number of hydrogen-bond acceptors (Lipinski definition) is 7. The molecule has 10 nitrogen and oxygen atoms in total. The number of Topliss-reactive ketones (excluding diaryl/α,β-unsaturated/α-hetero) is 1. The van der Waals surface area contributed by atoms with Gasteiger partial charge in [0.25, 0.3) is 5.91 Å². The van der Waals surface area contributed by atoms with Crippen molar-refractivity contribution in [3.63, 3.8) is 0 Å². The summed E-state index contributed by atoms with van der Waals surface area (Å²) < 4.78 is 2.26. The van der Waals surface area contributed by atoms with Gasteiger partial charge in [-0.25, -0.2) is 15.0 Å². The molecule has 2 aliphatic rings. The highest BCUT2D eigenvalue weighted by Crippen LogP contribution is 2.59. The summed E-state index contributed by atoms with van der Waals surface area (Å²) in [5.41, 5.74) is 3.65. The Morgan fingerprint density at radius 1 is 1.05 bits per heavy atom. The summed E-state index contributed by atoms with van der Waals surface area (Å²) in [4.78, 5) is 56.0. The van der Waals surface area contributed by atoms with Crippen LogP contribution in [0.25, 0.3) is 22.0 Å². The molecule has 1 aliphatic carbocycles. The van der Waals surface area contributed by atoms with Gasteiger partial charge in [-0.1, -0.05) is 19.1 Å². The lowest BCUT2D eigenvalue weighted by Crippen LogP contribution is -2.45. The number of nitrogens with one attached hydrogen (secondary N) is 1. The molecule has 1 aliphatic heterocycles. The summed E-state index contributed by atoms with van der Waals surface area (Å²) in [6, 6.07) is 8.95. The number of rotatable bonds is 7. The zero-order valence-corrected chi connectivity index (χ0v) is 27.4. The quantitative estimate of drug-likeness (QED) is 0.278. The van der Waals surface area contributed by atoms with Gasteiger partial charge in [-0.3, -0.25) is 19.1 Å². The summed E-state index contributed by atoms with van der Waals surface area (Å²) in [6.07, 6.45) is 5.16. The smallest absolute Gasteiger partial charge is 0.272 e. The van der Waals surface area contributed by atoms with Crippen LogP contribution in [0.2, 0.25) is 0 Å². The number of ketones is 1. The average molecular weight is 659 g/mol. The standard InChI is InChI=1S/C33H36BrN7O3/c1-18-7-10-28(34)37-23(18)12-26(42)25-13-33(6)14-27(33)41(25)29(43)17-40-24-9-8-20(21-15-35-19(2)36-16-21)11-22(24)30(39-40)31(44)38-32(3,4)5/h7-11,15-16,25,27H,12-14,17H2,1-6H3,(H,38,44)/t25-,27+,33-/m0/s1. The number of aromatic nitrogens is 5. The molecular weight excluding hydrogens is 622 g/mol.